The summed E-state index contributed by atoms with van der Waals surface area (Å²) < 4.78 is 0. The van der Waals surface area contributed by atoms with Crippen molar-refractivity contribution in [2.45, 2.75) is 20.3 Å². The lowest BCUT2D eigenvalue weighted by molar-refractivity contribution is -0.115. The highest BCUT2D eigenvalue weighted by atomic mass is 16.2. The number of aliphatic imine (C=N–C) groups is 1. The second-order valence-electron chi connectivity index (χ2n) is 3.75. The largest absolute Gasteiger partial charge is 0.309 e. The molecule has 0 bridgehead atoms. The Morgan fingerprint density at radius 1 is 1.38 bits per heavy atom. The van der Waals surface area contributed by atoms with E-state index in [9.17, 15) is 4.79 Å². The van der Waals surface area contributed by atoms with Crippen molar-refractivity contribution in [3.8, 4) is 0 Å². The fourth-order valence-electron chi connectivity index (χ4n) is 1.58. The predicted octanol–water partition coefficient (Wildman–Crippen LogP) is 2.27. The number of nitrogens with one attached hydrogen (secondary N) is 1. The molecule has 1 N–H and O–H groups in total. The SMILES string of the molecule is CCC1=N/C(=C\c2ccccc2C)C(=O)N1. The lowest BCUT2D eigenvalue weighted by Crippen LogP contribution is -2.23. The van der Waals surface area contributed by atoms with Crippen molar-refractivity contribution in [1.82, 2.24) is 5.32 Å². The Kier molecular flexibility index (Phi) is 2.86. The van der Waals surface area contributed by atoms with E-state index in [-0.39, 0.29) is 5.91 Å². The van der Waals surface area contributed by atoms with Gasteiger partial charge in [0, 0.05) is 6.42 Å². The van der Waals surface area contributed by atoms with Gasteiger partial charge in [-0.05, 0) is 24.1 Å². The molecular formula is C13H14N2O. The van der Waals surface area contributed by atoms with Crippen molar-refractivity contribution in [3.05, 3.63) is 41.1 Å². The van der Waals surface area contributed by atoms with Gasteiger partial charge in [-0.3, -0.25) is 4.79 Å². The summed E-state index contributed by atoms with van der Waals surface area (Å²) in [7, 11) is 0. The highest BCUT2D eigenvalue weighted by Crippen LogP contribution is 2.15. The van der Waals surface area contributed by atoms with E-state index in [2.05, 4.69) is 10.3 Å². The molecule has 1 heterocycles. The third kappa shape index (κ3) is 2.03. The molecular weight excluding hydrogens is 200 g/mol. The van der Waals surface area contributed by atoms with Crippen LogP contribution in [0, 0.1) is 6.92 Å². The first kappa shape index (κ1) is 10.6. The molecule has 0 aromatic heterocycles. The number of amidine groups is 1. The Hall–Kier alpha value is -1.90. The molecule has 16 heavy (non-hydrogen) atoms. The van der Waals surface area contributed by atoms with Crippen molar-refractivity contribution < 1.29 is 4.79 Å². The summed E-state index contributed by atoms with van der Waals surface area (Å²) in [4.78, 5) is 15.8. The number of rotatable bonds is 2. The molecule has 0 saturated heterocycles. The summed E-state index contributed by atoms with van der Waals surface area (Å²) in [5.74, 6) is 0.630. The number of benzene rings is 1. The zero-order valence-electron chi connectivity index (χ0n) is 9.45. The average Bonchev–Trinajstić information content (AvgIpc) is 2.63. The van der Waals surface area contributed by atoms with Gasteiger partial charge in [0.15, 0.2) is 0 Å². The number of hydrogen-bond acceptors (Lipinski definition) is 2. The number of carbonyl (C=O) groups is 1. The van der Waals surface area contributed by atoms with E-state index in [4.69, 9.17) is 0 Å². The normalized spacial score (nSPS) is 17.5. The second-order valence-corrected chi connectivity index (χ2v) is 3.75. The molecule has 2 rings (SSSR count). The van der Waals surface area contributed by atoms with Gasteiger partial charge >= 0.3 is 0 Å². The maximum Gasteiger partial charge on any atom is 0.275 e. The molecule has 0 fully saturated rings. The lowest BCUT2D eigenvalue weighted by atomic mass is 10.1. The van der Waals surface area contributed by atoms with E-state index < -0.39 is 0 Å². The molecule has 0 spiro atoms. The first-order chi connectivity index (χ1) is 7.70. The van der Waals surface area contributed by atoms with Crippen LogP contribution >= 0.6 is 0 Å². The fraction of sp³-hybridized carbons (Fsp3) is 0.231. The van der Waals surface area contributed by atoms with Gasteiger partial charge in [-0.15, -0.1) is 0 Å². The molecule has 0 atom stereocenters. The first-order valence-corrected chi connectivity index (χ1v) is 5.37. The molecule has 3 nitrogen and oxygen atoms in total. The highest BCUT2D eigenvalue weighted by Gasteiger charge is 2.18. The van der Waals surface area contributed by atoms with Gasteiger partial charge in [0.05, 0.1) is 0 Å². The van der Waals surface area contributed by atoms with Crippen LogP contribution in [-0.4, -0.2) is 11.7 Å². The van der Waals surface area contributed by atoms with Gasteiger partial charge in [-0.1, -0.05) is 31.2 Å². The predicted molar refractivity (Wildman–Crippen MR) is 65.0 cm³/mol. The summed E-state index contributed by atoms with van der Waals surface area (Å²) in [6, 6.07) is 7.93. The molecule has 1 aliphatic heterocycles. The van der Waals surface area contributed by atoms with Crippen LogP contribution in [0.2, 0.25) is 0 Å². The summed E-state index contributed by atoms with van der Waals surface area (Å²) >= 11 is 0. The van der Waals surface area contributed by atoms with Gasteiger partial charge in [0.25, 0.3) is 5.91 Å². The summed E-state index contributed by atoms with van der Waals surface area (Å²) in [5, 5.41) is 2.74. The fourth-order valence-corrected chi connectivity index (χ4v) is 1.58. The van der Waals surface area contributed by atoms with Crippen LogP contribution < -0.4 is 5.32 Å². The van der Waals surface area contributed by atoms with Crippen LogP contribution in [0.4, 0.5) is 0 Å². The van der Waals surface area contributed by atoms with Crippen molar-refractivity contribution >= 4 is 17.8 Å². The second kappa shape index (κ2) is 4.31. The Morgan fingerprint density at radius 2 is 2.12 bits per heavy atom. The van der Waals surface area contributed by atoms with Crippen LogP contribution in [0.3, 0.4) is 0 Å². The number of amides is 1. The number of aryl methyl sites for hydroxylation is 1. The van der Waals surface area contributed by atoms with E-state index in [1.807, 2.05) is 44.2 Å². The van der Waals surface area contributed by atoms with Gasteiger partial charge < -0.3 is 5.32 Å². The van der Waals surface area contributed by atoms with E-state index in [0.717, 1.165) is 23.4 Å². The average molecular weight is 214 g/mol. The van der Waals surface area contributed by atoms with E-state index >= 15 is 0 Å². The Bertz CT molecular complexity index is 486. The molecule has 0 saturated carbocycles. The van der Waals surface area contributed by atoms with Crippen LogP contribution in [0.5, 0.6) is 0 Å². The molecule has 3 heteroatoms. The summed E-state index contributed by atoms with van der Waals surface area (Å²) in [6.45, 7) is 3.99. The molecule has 0 radical (unpaired) electrons. The molecule has 0 unspecified atom stereocenters. The van der Waals surface area contributed by atoms with Gasteiger partial charge in [-0.25, -0.2) is 4.99 Å². The zero-order valence-corrected chi connectivity index (χ0v) is 9.45. The molecule has 1 aromatic carbocycles. The quantitative estimate of drug-likeness (QED) is 0.754. The van der Waals surface area contributed by atoms with Gasteiger partial charge in [0.2, 0.25) is 0 Å². The maximum atomic E-state index is 11.6. The van der Waals surface area contributed by atoms with Gasteiger partial charge in [-0.2, -0.15) is 0 Å². The monoisotopic (exact) mass is 214 g/mol. The minimum absolute atomic E-state index is 0.111. The van der Waals surface area contributed by atoms with Crippen LogP contribution in [-0.2, 0) is 4.79 Å². The van der Waals surface area contributed by atoms with Crippen LogP contribution in [0.25, 0.3) is 6.08 Å². The lowest BCUT2D eigenvalue weighted by Gasteiger charge is -1.98. The Labute approximate surface area is 94.9 Å². The molecule has 82 valence electrons. The molecule has 1 aliphatic rings. The maximum absolute atomic E-state index is 11.6. The standard InChI is InChI=1S/C13H14N2O/c1-3-12-14-11(13(16)15-12)8-10-7-5-4-6-9(10)2/h4-8H,3H2,1-2H3,(H,14,15,16)/b11-8-. The van der Waals surface area contributed by atoms with Crippen molar-refractivity contribution in [1.29, 1.82) is 0 Å². The first-order valence-electron chi connectivity index (χ1n) is 5.37. The highest BCUT2D eigenvalue weighted by molar-refractivity contribution is 6.14. The van der Waals surface area contributed by atoms with Crippen molar-refractivity contribution in [3.63, 3.8) is 0 Å². The molecule has 1 amide bonds. The van der Waals surface area contributed by atoms with Crippen LogP contribution in [0.15, 0.2) is 35.0 Å². The minimum atomic E-state index is -0.111. The van der Waals surface area contributed by atoms with E-state index in [1.165, 1.54) is 0 Å². The zero-order chi connectivity index (χ0) is 11.5. The van der Waals surface area contributed by atoms with Crippen molar-refractivity contribution in [2.75, 3.05) is 0 Å². The third-order valence-corrected chi connectivity index (χ3v) is 2.56. The van der Waals surface area contributed by atoms with Crippen molar-refractivity contribution in [2.24, 2.45) is 4.99 Å². The Balaban J connectivity index is 2.35. The topological polar surface area (TPSA) is 41.5 Å². The molecule has 1 aromatic rings. The smallest absolute Gasteiger partial charge is 0.275 e. The number of carbonyl (C=O) groups excluding carboxylic acids is 1. The van der Waals surface area contributed by atoms with Gasteiger partial charge in [0.1, 0.15) is 11.5 Å². The minimum Gasteiger partial charge on any atom is -0.309 e. The third-order valence-electron chi connectivity index (χ3n) is 2.56. The summed E-state index contributed by atoms with van der Waals surface area (Å²) in [5.41, 5.74) is 2.67. The van der Waals surface area contributed by atoms with E-state index in [1.54, 1.807) is 0 Å². The molecule has 0 aliphatic carbocycles. The van der Waals surface area contributed by atoms with Crippen LogP contribution in [0.1, 0.15) is 24.5 Å². The summed E-state index contributed by atoms with van der Waals surface area (Å²) in [6.07, 6.45) is 2.57. The number of nitrogens with zero attached hydrogens (tertiary/aromatic N) is 1. The van der Waals surface area contributed by atoms with E-state index in [0.29, 0.717) is 5.70 Å². The number of hydrogen-bond donors (Lipinski definition) is 1. The Morgan fingerprint density at radius 3 is 2.75 bits per heavy atom.